The molecular formula is C20H24FN3O2S. The lowest BCUT2D eigenvalue weighted by Gasteiger charge is -2.34. The molecule has 1 aliphatic rings. The highest BCUT2D eigenvalue weighted by Crippen LogP contribution is 2.23. The molecule has 2 heterocycles. The monoisotopic (exact) mass is 389 g/mol. The standard InChI is InChI=1S/C20H24FN3O2S/c1-13(2)17-11-23(20(26)19-14(3)22-12-27-19)9-8-18(25)24(17)10-15-4-6-16(21)7-5-15/h4-7,12-13,17H,8-11H2,1-3H3/t17-/m0/s1. The maximum atomic E-state index is 13.2. The second kappa shape index (κ2) is 8.17. The molecule has 144 valence electrons. The molecule has 3 rings (SSSR count). The quantitative estimate of drug-likeness (QED) is 0.804. The van der Waals surface area contributed by atoms with Gasteiger partial charge in [-0.2, -0.15) is 0 Å². The van der Waals surface area contributed by atoms with E-state index < -0.39 is 0 Å². The summed E-state index contributed by atoms with van der Waals surface area (Å²) in [5, 5.41) is 0. The number of rotatable bonds is 4. The summed E-state index contributed by atoms with van der Waals surface area (Å²) in [4.78, 5) is 34.2. The van der Waals surface area contributed by atoms with E-state index in [4.69, 9.17) is 0 Å². The summed E-state index contributed by atoms with van der Waals surface area (Å²) in [6.45, 7) is 7.25. The van der Waals surface area contributed by atoms with Crippen molar-refractivity contribution in [1.29, 1.82) is 0 Å². The molecule has 0 bridgehead atoms. The number of carbonyl (C=O) groups is 2. The van der Waals surface area contributed by atoms with E-state index in [1.165, 1.54) is 23.5 Å². The van der Waals surface area contributed by atoms with E-state index >= 15 is 0 Å². The fraction of sp³-hybridized carbons (Fsp3) is 0.450. The van der Waals surface area contributed by atoms with Crippen molar-refractivity contribution in [3.05, 3.63) is 51.7 Å². The molecule has 0 radical (unpaired) electrons. The zero-order valence-corrected chi connectivity index (χ0v) is 16.6. The zero-order chi connectivity index (χ0) is 19.6. The van der Waals surface area contributed by atoms with Crippen molar-refractivity contribution in [2.24, 2.45) is 5.92 Å². The number of hydrogen-bond acceptors (Lipinski definition) is 4. The van der Waals surface area contributed by atoms with Crippen LogP contribution in [0.4, 0.5) is 4.39 Å². The normalized spacial score (nSPS) is 18.1. The van der Waals surface area contributed by atoms with Crippen molar-refractivity contribution in [2.75, 3.05) is 13.1 Å². The summed E-state index contributed by atoms with van der Waals surface area (Å²) < 4.78 is 13.2. The lowest BCUT2D eigenvalue weighted by molar-refractivity contribution is -0.134. The Morgan fingerprint density at radius 1 is 1.33 bits per heavy atom. The number of carbonyl (C=O) groups excluding carboxylic acids is 2. The van der Waals surface area contributed by atoms with Gasteiger partial charge >= 0.3 is 0 Å². The maximum Gasteiger partial charge on any atom is 0.265 e. The predicted octanol–water partition coefficient (Wildman–Crippen LogP) is 3.49. The Balaban J connectivity index is 1.83. The van der Waals surface area contributed by atoms with Gasteiger partial charge in [0.2, 0.25) is 5.91 Å². The van der Waals surface area contributed by atoms with Gasteiger partial charge in [0.1, 0.15) is 10.7 Å². The van der Waals surface area contributed by atoms with E-state index in [0.717, 1.165) is 11.3 Å². The van der Waals surface area contributed by atoms with Crippen LogP contribution in [0.15, 0.2) is 29.8 Å². The van der Waals surface area contributed by atoms with E-state index in [1.807, 2.05) is 11.8 Å². The van der Waals surface area contributed by atoms with Gasteiger partial charge in [-0.15, -0.1) is 11.3 Å². The minimum atomic E-state index is -0.293. The Kier molecular flexibility index (Phi) is 5.89. The Hall–Kier alpha value is -2.28. The Labute approximate surface area is 162 Å². The summed E-state index contributed by atoms with van der Waals surface area (Å²) in [6.07, 6.45) is 0.286. The molecule has 7 heteroatoms. The van der Waals surface area contributed by atoms with E-state index in [9.17, 15) is 14.0 Å². The second-order valence-corrected chi connectivity index (χ2v) is 8.08. The minimum absolute atomic E-state index is 0.0225. The third kappa shape index (κ3) is 4.35. The summed E-state index contributed by atoms with van der Waals surface area (Å²) in [5.41, 5.74) is 3.28. The number of benzene rings is 1. The lowest BCUT2D eigenvalue weighted by Crippen LogP contribution is -2.47. The number of halogens is 1. The number of nitrogens with zero attached hydrogens (tertiary/aromatic N) is 3. The first-order valence-electron chi connectivity index (χ1n) is 9.10. The zero-order valence-electron chi connectivity index (χ0n) is 15.8. The number of hydrogen-bond donors (Lipinski definition) is 0. The van der Waals surface area contributed by atoms with E-state index in [0.29, 0.717) is 24.5 Å². The molecular weight excluding hydrogens is 365 g/mol. The summed E-state index contributed by atoms with van der Waals surface area (Å²) in [7, 11) is 0. The summed E-state index contributed by atoms with van der Waals surface area (Å²) in [6, 6.07) is 6.12. The maximum absolute atomic E-state index is 13.2. The molecule has 0 spiro atoms. The van der Waals surface area contributed by atoms with Crippen LogP contribution in [0.25, 0.3) is 0 Å². The van der Waals surface area contributed by atoms with Gasteiger partial charge in [-0.3, -0.25) is 9.59 Å². The van der Waals surface area contributed by atoms with Crippen molar-refractivity contribution >= 4 is 23.2 Å². The molecule has 1 aliphatic heterocycles. The van der Waals surface area contributed by atoms with Crippen LogP contribution in [-0.2, 0) is 11.3 Å². The van der Waals surface area contributed by atoms with E-state index in [2.05, 4.69) is 18.8 Å². The van der Waals surface area contributed by atoms with Crippen LogP contribution in [0, 0.1) is 18.7 Å². The highest BCUT2D eigenvalue weighted by molar-refractivity contribution is 7.11. The molecule has 1 aromatic heterocycles. The topological polar surface area (TPSA) is 53.5 Å². The van der Waals surface area contributed by atoms with Gasteiger partial charge in [-0.1, -0.05) is 26.0 Å². The number of thiazole rings is 1. The third-order valence-electron chi connectivity index (χ3n) is 4.99. The predicted molar refractivity (Wildman–Crippen MR) is 103 cm³/mol. The third-order valence-corrected chi connectivity index (χ3v) is 5.90. The van der Waals surface area contributed by atoms with Crippen molar-refractivity contribution in [1.82, 2.24) is 14.8 Å². The van der Waals surface area contributed by atoms with Gasteiger partial charge in [0.05, 0.1) is 17.2 Å². The van der Waals surface area contributed by atoms with Crippen LogP contribution in [0.3, 0.4) is 0 Å². The molecule has 1 fully saturated rings. The van der Waals surface area contributed by atoms with Gasteiger partial charge in [0, 0.05) is 26.1 Å². The highest BCUT2D eigenvalue weighted by atomic mass is 32.1. The molecule has 0 aliphatic carbocycles. The fourth-order valence-electron chi connectivity index (χ4n) is 3.37. The highest BCUT2D eigenvalue weighted by Gasteiger charge is 2.34. The van der Waals surface area contributed by atoms with Gasteiger partial charge in [0.25, 0.3) is 5.91 Å². The van der Waals surface area contributed by atoms with Crippen LogP contribution in [-0.4, -0.2) is 45.7 Å². The average Bonchev–Trinajstić information content (AvgIpc) is 2.99. The van der Waals surface area contributed by atoms with Crippen LogP contribution in [0.1, 0.15) is 41.2 Å². The van der Waals surface area contributed by atoms with Gasteiger partial charge < -0.3 is 9.80 Å². The summed E-state index contributed by atoms with van der Waals surface area (Å²) >= 11 is 1.34. The number of aryl methyl sites for hydroxylation is 1. The van der Waals surface area contributed by atoms with Gasteiger partial charge in [-0.05, 0) is 30.5 Å². The molecule has 1 saturated heterocycles. The van der Waals surface area contributed by atoms with Crippen LogP contribution < -0.4 is 0 Å². The average molecular weight is 389 g/mol. The first kappa shape index (κ1) is 19.5. The largest absolute Gasteiger partial charge is 0.335 e. The van der Waals surface area contributed by atoms with Crippen molar-refractivity contribution in [2.45, 2.75) is 39.8 Å². The SMILES string of the molecule is Cc1ncsc1C(=O)N1CCC(=O)N(Cc2ccc(F)cc2)[C@H](C(C)C)C1. The molecule has 1 aromatic carbocycles. The molecule has 2 aromatic rings. The molecule has 0 N–H and O–H groups in total. The first-order valence-corrected chi connectivity index (χ1v) is 9.98. The van der Waals surface area contributed by atoms with Crippen molar-refractivity contribution in [3.63, 3.8) is 0 Å². The molecule has 5 nitrogen and oxygen atoms in total. The molecule has 1 atom stereocenters. The number of amides is 2. The fourth-order valence-corrected chi connectivity index (χ4v) is 4.14. The van der Waals surface area contributed by atoms with Gasteiger partial charge in [0.15, 0.2) is 0 Å². The van der Waals surface area contributed by atoms with E-state index in [1.54, 1.807) is 22.5 Å². The smallest absolute Gasteiger partial charge is 0.265 e. The van der Waals surface area contributed by atoms with Gasteiger partial charge in [-0.25, -0.2) is 9.37 Å². The minimum Gasteiger partial charge on any atom is -0.335 e. The molecule has 2 amide bonds. The van der Waals surface area contributed by atoms with Crippen LogP contribution in [0.5, 0.6) is 0 Å². The van der Waals surface area contributed by atoms with Crippen molar-refractivity contribution < 1.29 is 14.0 Å². The molecule has 0 saturated carbocycles. The van der Waals surface area contributed by atoms with Crippen LogP contribution >= 0.6 is 11.3 Å². The molecule has 27 heavy (non-hydrogen) atoms. The summed E-state index contributed by atoms with van der Waals surface area (Å²) in [5.74, 6) is -0.144. The molecule has 0 unspecified atom stereocenters. The van der Waals surface area contributed by atoms with Crippen LogP contribution in [0.2, 0.25) is 0 Å². The Bertz CT molecular complexity index is 819. The first-order chi connectivity index (χ1) is 12.9. The van der Waals surface area contributed by atoms with Crippen molar-refractivity contribution in [3.8, 4) is 0 Å². The Morgan fingerprint density at radius 2 is 2.04 bits per heavy atom. The Morgan fingerprint density at radius 3 is 2.63 bits per heavy atom. The second-order valence-electron chi connectivity index (χ2n) is 7.23. The number of aromatic nitrogens is 1. The van der Waals surface area contributed by atoms with E-state index in [-0.39, 0.29) is 36.0 Å². The lowest BCUT2D eigenvalue weighted by atomic mass is 10.0.